The lowest BCUT2D eigenvalue weighted by molar-refractivity contribution is -0.190. The summed E-state index contributed by atoms with van der Waals surface area (Å²) in [4.78, 5) is 28.2. The normalized spacial score (nSPS) is 17.1. The van der Waals surface area contributed by atoms with Crippen molar-refractivity contribution in [2.75, 3.05) is 13.1 Å². The van der Waals surface area contributed by atoms with E-state index in [1.54, 1.807) is 19.1 Å². The number of carbonyl (C=O) groups is 1. The number of benzene rings is 1. The van der Waals surface area contributed by atoms with Gasteiger partial charge in [0.2, 0.25) is 0 Å². The molecule has 0 bridgehead atoms. The van der Waals surface area contributed by atoms with Crippen LogP contribution in [0.1, 0.15) is 18.4 Å². The molecule has 0 atom stereocenters. The first-order chi connectivity index (χ1) is 12.6. The Morgan fingerprint density at radius 1 is 1.37 bits per heavy atom. The quantitative estimate of drug-likeness (QED) is 0.774. The van der Waals surface area contributed by atoms with Gasteiger partial charge in [-0.2, -0.15) is 18.2 Å². The van der Waals surface area contributed by atoms with Gasteiger partial charge in [-0.1, -0.05) is 12.1 Å². The predicted octanol–water partition coefficient (Wildman–Crippen LogP) is 1.29. The SMILES string of the molecule is Cc1cccc2c(=O)n(CC3(O)CCNCC3)c(OC(=O)C(F)(F)F)nc12. The highest BCUT2D eigenvalue weighted by atomic mass is 19.4. The fourth-order valence-electron chi connectivity index (χ4n) is 3.07. The summed E-state index contributed by atoms with van der Waals surface area (Å²) in [5, 5.41) is 13.9. The molecule has 1 fully saturated rings. The number of aromatic nitrogens is 2. The average molecular weight is 385 g/mol. The highest BCUT2D eigenvalue weighted by Crippen LogP contribution is 2.25. The molecule has 0 amide bonds. The van der Waals surface area contributed by atoms with Crippen molar-refractivity contribution < 1.29 is 27.8 Å². The van der Waals surface area contributed by atoms with E-state index >= 15 is 0 Å². The number of nitrogens with one attached hydrogen (secondary N) is 1. The minimum Gasteiger partial charge on any atom is -0.388 e. The lowest BCUT2D eigenvalue weighted by Gasteiger charge is -2.33. The Balaban J connectivity index is 2.13. The van der Waals surface area contributed by atoms with Gasteiger partial charge in [-0.3, -0.25) is 9.36 Å². The van der Waals surface area contributed by atoms with Crippen LogP contribution in [0.2, 0.25) is 0 Å². The summed E-state index contributed by atoms with van der Waals surface area (Å²) < 4.78 is 43.1. The van der Waals surface area contributed by atoms with Crippen molar-refractivity contribution in [2.24, 2.45) is 0 Å². The molecule has 146 valence electrons. The van der Waals surface area contributed by atoms with E-state index in [9.17, 15) is 27.9 Å². The number of hydrogen-bond acceptors (Lipinski definition) is 6. The molecule has 3 rings (SSSR count). The van der Waals surface area contributed by atoms with Gasteiger partial charge in [0.25, 0.3) is 5.56 Å². The number of aliphatic hydroxyl groups is 1. The molecule has 2 N–H and O–H groups in total. The number of carbonyl (C=O) groups excluding carboxylic acids is 1. The molecule has 1 saturated heterocycles. The van der Waals surface area contributed by atoms with Crippen LogP contribution in [-0.4, -0.2) is 45.5 Å². The topological polar surface area (TPSA) is 93.5 Å². The van der Waals surface area contributed by atoms with Crippen LogP contribution in [0.4, 0.5) is 13.2 Å². The Morgan fingerprint density at radius 2 is 2.04 bits per heavy atom. The Hall–Kier alpha value is -2.46. The number of para-hydroxylation sites is 1. The second-order valence-electron chi connectivity index (χ2n) is 6.62. The van der Waals surface area contributed by atoms with Crippen molar-refractivity contribution in [1.82, 2.24) is 14.9 Å². The van der Waals surface area contributed by atoms with Gasteiger partial charge in [0, 0.05) is 0 Å². The zero-order valence-corrected chi connectivity index (χ0v) is 14.5. The number of aryl methyl sites for hydroxylation is 1. The van der Waals surface area contributed by atoms with E-state index in [0.29, 0.717) is 18.7 Å². The van der Waals surface area contributed by atoms with E-state index in [2.05, 4.69) is 15.0 Å². The number of halogens is 3. The van der Waals surface area contributed by atoms with Crippen molar-refractivity contribution in [2.45, 2.75) is 38.1 Å². The Kier molecular flexibility index (Phi) is 4.96. The highest BCUT2D eigenvalue weighted by molar-refractivity contribution is 5.82. The zero-order valence-electron chi connectivity index (χ0n) is 14.5. The fraction of sp³-hybridized carbons (Fsp3) is 0.471. The fourth-order valence-corrected chi connectivity index (χ4v) is 3.07. The van der Waals surface area contributed by atoms with Gasteiger partial charge in [0.15, 0.2) is 0 Å². The number of nitrogens with zero attached hydrogens (tertiary/aromatic N) is 2. The number of fused-ring (bicyclic) bond motifs is 1. The van der Waals surface area contributed by atoms with Gasteiger partial charge in [-0.15, -0.1) is 0 Å². The van der Waals surface area contributed by atoms with Crippen LogP contribution < -0.4 is 15.6 Å². The Bertz CT molecular complexity index is 933. The molecule has 7 nitrogen and oxygen atoms in total. The van der Waals surface area contributed by atoms with Crippen LogP contribution in [0.3, 0.4) is 0 Å². The largest absolute Gasteiger partial charge is 0.491 e. The minimum atomic E-state index is -5.24. The monoisotopic (exact) mass is 385 g/mol. The Morgan fingerprint density at radius 3 is 2.67 bits per heavy atom. The standard InChI is InChI=1S/C17H18F3N3O4/c1-10-3-2-4-11-12(10)22-15(27-14(25)17(18,19)20)23(13(11)24)9-16(26)5-7-21-8-6-16/h2-4,21,26H,5-9H2,1H3. The molecule has 1 aliphatic heterocycles. The highest BCUT2D eigenvalue weighted by Gasteiger charge is 2.42. The van der Waals surface area contributed by atoms with Crippen LogP contribution >= 0.6 is 0 Å². The summed E-state index contributed by atoms with van der Waals surface area (Å²) in [6, 6.07) is 3.95. The number of hydrogen-bond donors (Lipinski definition) is 2. The number of piperidine rings is 1. The first-order valence-electron chi connectivity index (χ1n) is 8.33. The number of ether oxygens (including phenoxy) is 1. The average Bonchev–Trinajstić information content (AvgIpc) is 2.59. The maximum absolute atomic E-state index is 12.9. The summed E-state index contributed by atoms with van der Waals surface area (Å²) in [6.45, 7) is 2.28. The lowest BCUT2D eigenvalue weighted by atomic mass is 9.92. The minimum absolute atomic E-state index is 0.140. The van der Waals surface area contributed by atoms with E-state index < -0.39 is 29.3 Å². The lowest BCUT2D eigenvalue weighted by Crippen LogP contribution is -2.47. The first kappa shape index (κ1) is 19.3. The van der Waals surface area contributed by atoms with Crippen molar-refractivity contribution in [3.8, 4) is 6.01 Å². The van der Waals surface area contributed by atoms with Crippen LogP contribution in [-0.2, 0) is 11.3 Å². The number of esters is 1. The molecular weight excluding hydrogens is 367 g/mol. The smallest absolute Gasteiger partial charge is 0.388 e. The summed E-state index contributed by atoms with van der Waals surface area (Å²) >= 11 is 0. The molecule has 1 aromatic heterocycles. The first-order valence-corrected chi connectivity index (χ1v) is 8.33. The van der Waals surface area contributed by atoms with Crippen LogP contribution in [0.15, 0.2) is 23.0 Å². The van der Waals surface area contributed by atoms with E-state index in [1.807, 2.05) is 0 Å². The molecule has 2 heterocycles. The molecule has 10 heteroatoms. The van der Waals surface area contributed by atoms with Gasteiger partial charge >= 0.3 is 18.2 Å². The molecule has 1 aliphatic rings. The van der Waals surface area contributed by atoms with Gasteiger partial charge in [0.1, 0.15) is 0 Å². The van der Waals surface area contributed by atoms with Crippen molar-refractivity contribution in [3.05, 3.63) is 34.1 Å². The maximum atomic E-state index is 12.9. The third kappa shape index (κ3) is 3.96. The second kappa shape index (κ2) is 6.93. The second-order valence-corrected chi connectivity index (χ2v) is 6.62. The molecular formula is C17H18F3N3O4. The summed E-state index contributed by atoms with van der Waals surface area (Å²) in [5.74, 6) is -2.48. The van der Waals surface area contributed by atoms with E-state index in [0.717, 1.165) is 4.57 Å². The molecule has 0 radical (unpaired) electrons. The third-order valence-electron chi connectivity index (χ3n) is 4.55. The van der Waals surface area contributed by atoms with Crippen LogP contribution in [0, 0.1) is 6.92 Å². The molecule has 27 heavy (non-hydrogen) atoms. The van der Waals surface area contributed by atoms with Gasteiger partial charge in [-0.25, -0.2) is 4.79 Å². The van der Waals surface area contributed by atoms with Crippen molar-refractivity contribution in [1.29, 1.82) is 0 Å². The van der Waals surface area contributed by atoms with Crippen molar-refractivity contribution in [3.63, 3.8) is 0 Å². The molecule has 0 saturated carbocycles. The Labute approximate surface area is 151 Å². The molecule has 0 unspecified atom stereocenters. The molecule has 2 aromatic rings. The van der Waals surface area contributed by atoms with Gasteiger partial charge in [0.05, 0.1) is 23.0 Å². The van der Waals surface area contributed by atoms with E-state index in [4.69, 9.17) is 0 Å². The van der Waals surface area contributed by atoms with Crippen molar-refractivity contribution >= 4 is 16.9 Å². The number of rotatable bonds is 3. The molecule has 0 aliphatic carbocycles. The van der Waals surface area contributed by atoms with Crippen LogP contribution in [0.5, 0.6) is 6.01 Å². The maximum Gasteiger partial charge on any atom is 0.491 e. The molecule has 1 aromatic carbocycles. The predicted molar refractivity (Wildman–Crippen MR) is 89.5 cm³/mol. The zero-order chi connectivity index (χ0) is 19.8. The van der Waals surface area contributed by atoms with E-state index in [-0.39, 0.29) is 30.3 Å². The molecule has 0 spiro atoms. The van der Waals surface area contributed by atoms with Gasteiger partial charge < -0.3 is 15.2 Å². The third-order valence-corrected chi connectivity index (χ3v) is 4.55. The van der Waals surface area contributed by atoms with E-state index in [1.165, 1.54) is 6.07 Å². The van der Waals surface area contributed by atoms with Crippen LogP contribution in [0.25, 0.3) is 10.9 Å². The summed E-state index contributed by atoms with van der Waals surface area (Å²) in [7, 11) is 0. The summed E-state index contributed by atoms with van der Waals surface area (Å²) in [5.41, 5.74) is -1.32. The van der Waals surface area contributed by atoms with Gasteiger partial charge in [-0.05, 0) is 44.5 Å². The summed E-state index contributed by atoms with van der Waals surface area (Å²) in [6.07, 6.45) is -4.66. The number of alkyl halides is 3.